The summed E-state index contributed by atoms with van der Waals surface area (Å²) < 4.78 is 32.5. The fraction of sp³-hybridized carbons (Fsp3) is 0.316. The van der Waals surface area contributed by atoms with Gasteiger partial charge in [0.2, 0.25) is 15.9 Å². The third kappa shape index (κ3) is 5.36. The van der Waals surface area contributed by atoms with Crippen LogP contribution in [0.3, 0.4) is 0 Å². The molecule has 0 unspecified atom stereocenters. The standard InChI is InChI=1S/C19H23N3O4S/c20-18(12-14-4-2-1-3-5-14)19(23)21-15-6-8-17(9-7-15)27(24,25)22-16-10-11-26-13-16/h1-9,16,18,22H,10-13,20H2,(H,21,23)/t16-,18+/m1/s1. The molecule has 0 aliphatic carbocycles. The van der Waals surface area contributed by atoms with E-state index in [0.717, 1.165) is 5.56 Å². The SMILES string of the molecule is N[C@@H](Cc1ccccc1)C(=O)Nc1ccc(S(=O)(=O)N[C@@H]2CCOC2)cc1. The van der Waals surface area contributed by atoms with Crippen molar-refractivity contribution in [1.82, 2.24) is 4.72 Å². The van der Waals surface area contributed by atoms with Crippen molar-refractivity contribution in [2.45, 2.75) is 29.8 Å². The maximum atomic E-state index is 12.4. The minimum absolute atomic E-state index is 0.140. The van der Waals surface area contributed by atoms with E-state index in [2.05, 4.69) is 10.0 Å². The number of anilines is 1. The van der Waals surface area contributed by atoms with Crippen LogP contribution in [0.15, 0.2) is 59.5 Å². The van der Waals surface area contributed by atoms with Crippen LogP contribution in [0, 0.1) is 0 Å². The number of benzene rings is 2. The molecule has 0 aromatic heterocycles. The van der Waals surface area contributed by atoms with Gasteiger partial charge in [0.05, 0.1) is 17.5 Å². The molecular formula is C19H23N3O4S. The molecule has 1 fully saturated rings. The molecule has 1 aliphatic heterocycles. The highest BCUT2D eigenvalue weighted by molar-refractivity contribution is 7.89. The van der Waals surface area contributed by atoms with Crippen LogP contribution in [-0.2, 0) is 26.0 Å². The smallest absolute Gasteiger partial charge is 0.241 e. The van der Waals surface area contributed by atoms with Crippen LogP contribution in [0.25, 0.3) is 0 Å². The maximum absolute atomic E-state index is 12.4. The first-order chi connectivity index (χ1) is 12.9. The van der Waals surface area contributed by atoms with Crippen LogP contribution in [0.1, 0.15) is 12.0 Å². The Balaban J connectivity index is 1.59. The van der Waals surface area contributed by atoms with E-state index in [0.29, 0.717) is 31.7 Å². The van der Waals surface area contributed by atoms with Crippen LogP contribution in [0.5, 0.6) is 0 Å². The normalized spacial score (nSPS) is 18.2. The minimum Gasteiger partial charge on any atom is -0.380 e. The van der Waals surface area contributed by atoms with Crippen molar-refractivity contribution < 1.29 is 17.9 Å². The molecule has 144 valence electrons. The summed E-state index contributed by atoms with van der Waals surface area (Å²) >= 11 is 0. The highest BCUT2D eigenvalue weighted by atomic mass is 32.2. The molecule has 2 atom stereocenters. The van der Waals surface area contributed by atoms with Gasteiger partial charge in [-0.2, -0.15) is 0 Å². The van der Waals surface area contributed by atoms with Gasteiger partial charge in [-0.05, 0) is 42.7 Å². The van der Waals surface area contributed by atoms with Crippen LogP contribution < -0.4 is 15.8 Å². The predicted molar refractivity (Wildman–Crippen MR) is 103 cm³/mol. The molecule has 27 heavy (non-hydrogen) atoms. The fourth-order valence-corrected chi connectivity index (χ4v) is 4.08. The van der Waals surface area contributed by atoms with E-state index < -0.39 is 16.1 Å². The first kappa shape index (κ1) is 19.5. The van der Waals surface area contributed by atoms with Crippen molar-refractivity contribution in [3.05, 3.63) is 60.2 Å². The fourth-order valence-electron chi connectivity index (χ4n) is 2.83. The van der Waals surface area contributed by atoms with E-state index in [4.69, 9.17) is 10.5 Å². The number of rotatable bonds is 7. The lowest BCUT2D eigenvalue weighted by molar-refractivity contribution is -0.117. The Hall–Kier alpha value is -2.26. The summed E-state index contributed by atoms with van der Waals surface area (Å²) in [7, 11) is -3.61. The predicted octanol–water partition coefficient (Wildman–Crippen LogP) is 1.26. The number of hydrogen-bond acceptors (Lipinski definition) is 5. The molecule has 3 rings (SSSR count). The number of carbonyl (C=O) groups excluding carboxylic acids is 1. The molecule has 1 amide bonds. The number of carbonyl (C=O) groups is 1. The van der Waals surface area contributed by atoms with E-state index in [9.17, 15) is 13.2 Å². The molecule has 8 heteroatoms. The molecular weight excluding hydrogens is 366 g/mol. The molecule has 0 spiro atoms. The van der Waals surface area contributed by atoms with Crippen LogP contribution in [0.2, 0.25) is 0 Å². The van der Waals surface area contributed by atoms with Crippen LogP contribution in [0.4, 0.5) is 5.69 Å². The largest absolute Gasteiger partial charge is 0.380 e. The Morgan fingerprint density at radius 3 is 2.48 bits per heavy atom. The molecule has 1 saturated heterocycles. The van der Waals surface area contributed by atoms with Gasteiger partial charge >= 0.3 is 0 Å². The number of hydrogen-bond donors (Lipinski definition) is 3. The van der Waals surface area contributed by atoms with Gasteiger partial charge in [0.25, 0.3) is 0 Å². The number of nitrogens with two attached hydrogens (primary N) is 1. The lowest BCUT2D eigenvalue weighted by atomic mass is 10.1. The maximum Gasteiger partial charge on any atom is 0.241 e. The number of sulfonamides is 1. The average Bonchev–Trinajstić information content (AvgIpc) is 3.15. The first-order valence-electron chi connectivity index (χ1n) is 8.74. The van der Waals surface area contributed by atoms with Crippen molar-refractivity contribution in [1.29, 1.82) is 0 Å². The Labute approximate surface area is 159 Å². The lowest BCUT2D eigenvalue weighted by Crippen LogP contribution is -2.37. The molecule has 2 aromatic carbocycles. The van der Waals surface area contributed by atoms with Crippen LogP contribution in [-0.4, -0.2) is 39.6 Å². The average molecular weight is 389 g/mol. The van der Waals surface area contributed by atoms with Gasteiger partial charge in [-0.15, -0.1) is 0 Å². The second kappa shape index (κ2) is 8.62. The number of ether oxygens (including phenoxy) is 1. The summed E-state index contributed by atoms with van der Waals surface area (Å²) in [5.41, 5.74) is 7.43. The summed E-state index contributed by atoms with van der Waals surface area (Å²) in [5.74, 6) is -0.323. The lowest BCUT2D eigenvalue weighted by Gasteiger charge is -2.14. The highest BCUT2D eigenvalue weighted by Crippen LogP contribution is 2.16. The Kier molecular flexibility index (Phi) is 6.22. The molecule has 0 radical (unpaired) electrons. The highest BCUT2D eigenvalue weighted by Gasteiger charge is 2.23. The Bertz CT molecular complexity index is 864. The van der Waals surface area contributed by atoms with Crippen molar-refractivity contribution in [3.63, 3.8) is 0 Å². The second-order valence-electron chi connectivity index (χ2n) is 6.49. The van der Waals surface area contributed by atoms with E-state index in [-0.39, 0.29) is 16.8 Å². The van der Waals surface area contributed by atoms with Crippen molar-refractivity contribution in [2.24, 2.45) is 5.73 Å². The monoisotopic (exact) mass is 389 g/mol. The first-order valence-corrected chi connectivity index (χ1v) is 10.2. The molecule has 2 aromatic rings. The summed E-state index contributed by atoms with van der Waals surface area (Å²) in [6.45, 7) is 0.939. The minimum atomic E-state index is -3.61. The van der Waals surface area contributed by atoms with Gasteiger partial charge in [-0.1, -0.05) is 30.3 Å². The van der Waals surface area contributed by atoms with Gasteiger partial charge in [-0.25, -0.2) is 13.1 Å². The van der Waals surface area contributed by atoms with E-state index >= 15 is 0 Å². The zero-order valence-electron chi connectivity index (χ0n) is 14.8. The molecule has 7 nitrogen and oxygen atoms in total. The van der Waals surface area contributed by atoms with E-state index in [1.807, 2.05) is 30.3 Å². The topological polar surface area (TPSA) is 111 Å². The molecule has 1 aliphatic rings. The second-order valence-corrected chi connectivity index (χ2v) is 8.21. The molecule has 4 N–H and O–H groups in total. The van der Waals surface area contributed by atoms with Gasteiger partial charge in [-0.3, -0.25) is 4.79 Å². The zero-order chi connectivity index (χ0) is 19.3. The van der Waals surface area contributed by atoms with Gasteiger partial charge in [0, 0.05) is 18.3 Å². The number of amides is 1. The Morgan fingerprint density at radius 2 is 1.85 bits per heavy atom. The van der Waals surface area contributed by atoms with Crippen molar-refractivity contribution in [2.75, 3.05) is 18.5 Å². The van der Waals surface area contributed by atoms with Crippen molar-refractivity contribution >= 4 is 21.6 Å². The van der Waals surface area contributed by atoms with Gasteiger partial charge in [0.15, 0.2) is 0 Å². The molecule has 0 saturated carbocycles. The summed E-state index contributed by atoms with van der Waals surface area (Å²) in [6, 6.07) is 14.6. The van der Waals surface area contributed by atoms with Gasteiger partial charge < -0.3 is 15.8 Å². The van der Waals surface area contributed by atoms with E-state index in [1.165, 1.54) is 12.1 Å². The quantitative estimate of drug-likeness (QED) is 0.660. The Morgan fingerprint density at radius 1 is 1.15 bits per heavy atom. The summed E-state index contributed by atoms with van der Waals surface area (Å²) in [5, 5.41) is 2.71. The zero-order valence-corrected chi connectivity index (χ0v) is 15.6. The molecule has 1 heterocycles. The summed E-state index contributed by atoms with van der Waals surface area (Å²) in [4.78, 5) is 12.4. The van der Waals surface area contributed by atoms with Crippen LogP contribution >= 0.6 is 0 Å². The van der Waals surface area contributed by atoms with E-state index in [1.54, 1.807) is 12.1 Å². The molecule has 0 bridgehead atoms. The number of nitrogens with one attached hydrogen (secondary N) is 2. The van der Waals surface area contributed by atoms with Crippen molar-refractivity contribution in [3.8, 4) is 0 Å². The third-order valence-electron chi connectivity index (χ3n) is 4.32. The summed E-state index contributed by atoms with van der Waals surface area (Å²) in [6.07, 6.45) is 1.08. The van der Waals surface area contributed by atoms with Gasteiger partial charge in [0.1, 0.15) is 0 Å². The third-order valence-corrected chi connectivity index (χ3v) is 5.86.